The van der Waals surface area contributed by atoms with Crippen LogP contribution in [0.2, 0.25) is 0 Å². The van der Waals surface area contributed by atoms with E-state index in [4.69, 9.17) is 5.11 Å². The predicted molar refractivity (Wildman–Crippen MR) is 88.2 cm³/mol. The van der Waals surface area contributed by atoms with Crippen LogP contribution in [0.25, 0.3) is 0 Å². The zero-order valence-electron chi connectivity index (χ0n) is 13.9. The van der Waals surface area contributed by atoms with Crippen molar-refractivity contribution in [2.75, 3.05) is 6.61 Å². The van der Waals surface area contributed by atoms with E-state index in [9.17, 15) is 34.6 Å². The highest BCUT2D eigenvalue weighted by molar-refractivity contribution is 7.99. The van der Waals surface area contributed by atoms with Crippen molar-refractivity contribution in [2.24, 2.45) is 4.58 Å². The van der Waals surface area contributed by atoms with Crippen LogP contribution in [0, 0.1) is 4.91 Å². The van der Waals surface area contributed by atoms with Crippen molar-refractivity contribution in [3.63, 3.8) is 0 Å². The number of nitrogens with zero attached hydrogens (tertiary/aromatic N) is 1. The summed E-state index contributed by atoms with van der Waals surface area (Å²) >= 11 is 0.491. The van der Waals surface area contributed by atoms with E-state index in [1.165, 1.54) is 13.8 Å². The molecule has 5 atom stereocenters. The van der Waals surface area contributed by atoms with Crippen LogP contribution < -0.4 is 10.6 Å². The molecule has 0 aromatic carbocycles. The van der Waals surface area contributed by atoms with Gasteiger partial charge in [0.2, 0.25) is 11.8 Å². The van der Waals surface area contributed by atoms with Crippen LogP contribution in [0.5, 0.6) is 0 Å². The van der Waals surface area contributed by atoms with Crippen LogP contribution in [-0.4, -0.2) is 80.3 Å². The smallest absolute Gasteiger partial charge is 0.244 e. The van der Waals surface area contributed by atoms with Crippen molar-refractivity contribution in [1.82, 2.24) is 10.6 Å². The molecule has 0 unspecified atom stereocenters. The first-order chi connectivity index (χ1) is 11.5. The SMILES string of the molecule is CC(=O)N[C@@H](C(=O)N[C@@H](C=O)[C@@H](O)[C@H](O)[C@H](O)CO)C(C)(C)SN=O. The first-order valence-corrected chi connectivity index (χ1v) is 7.97. The Morgan fingerprint density at radius 2 is 1.76 bits per heavy atom. The Kier molecular flexibility index (Phi) is 9.74. The van der Waals surface area contributed by atoms with Crippen molar-refractivity contribution in [3.8, 4) is 0 Å². The number of rotatable bonds is 11. The van der Waals surface area contributed by atoms with Gasteiger partial charge >= 0.3 is 0 Å². The van der Waals surface area contributed by atoms with Gasteiger partial charge in [-0.3, -0.25) is 9.59 Å². The molecule has 0 aliphatic rings. The van der Waals surface area contributed by atoms with Gasteiger partial charge in [-0.15, -0.1) is 4.91 Å². The molecular weight excluding hydrogens is 358 g/mol. The van der Waals surface area contributed by atoms with Gasteiger partial charge in [-0.2, -0.15) is 0 Å². The number of nitrogens with one attached hydrogen (secondary N) is 2. The predicted octanol–water partition coefficient (Wildman–Crippen LogP) is -2.56. The molecule has 0 aromatic rings. The molecule has 144 valence electrons. The molecule has 0 spiro atoms. The maximum absolute atomic E-state index is 12.4. The van der Waals surface area contributed by atoms with E-state index < -0.39 is 53.6 Å². The molecule has 0 fully saturated rings. The van der Waals surface area contributed by atoms with Crippen LogP contribution in [0.3, 0.4) is 0 Å². The monoisotopic (exact) mass is 381 g/mol. The van der Waals surface area contributed by atoms with Gasteiger partial charge in [-0.25, -0.2) is 0 Å². The quantitative estimate of drug-likeness (QED) is 0.127. The molecule has 0 saturated carbocycles. The highest BCUT2D eigenvalue weighted by Crippen LogP contribution is 2.29. The largest absolute Gasteiger partial charge is 0.394 e. The molecule has 12 heteroatoms. The Balaban J connectivity index is 5.32. The normalized spacial score (nSPS) is 17.6. The van der Waals surface area contributed by atoms with E-state index in [2.05, 4.69) is 15.2 Å². The summed E-state index contributed by atoms with van der Waals surface area (Å²) in [7, 11) is 0. The van der Waals surface area contributed by atoms with Crippen LogP contribution in [0.4, 0.5) is 0 Å². The minimum absolute atomic E-state index is 0.124. The van der Waals surface area contributed by atoms with Gasteiger partial charge < -0.3 is 35.9 Å². The minimum atomic E-state index is -1.92. The Hall–Kier alpha value is -1.60. The van der Waals surface area contributed by atoms with E-state index in [-0.39, 0.29) is 6.29 Å². The molecule has 0 saturated heterocycles. The first-order valence-electron chi connectivity index (χ1n) is 7.20. The highest BCUT2D eigenvalue weighted by atomic mass is 32.2. The first kappa shape index (κ1) is 23.4. The number of carbonyl (C=O) groups excluding carboxylic acids is 3. The number of nitroso groups, excluding NO2 is 1. The summed E-state index contributed by atoms with van der Waals surface area (Å²) in [6.45, 7) is 3.18. The average Bonchev–Trinajstić information content (AvgIpc) is 2.54. The summed E-state index contributed by atoms with van der Waals surface area (Å²) in [5, 5.41) is 42.0. The molecule has 25 heavy (non-hydrogen) atoms. The van der Waals surface area contributed by atoms with E-state index in [1.807, 2.05) is 0 Å². The third kappa shape index (κ3) is 7.04. The average molecular weight is 381 g/mol. The molecule has 0 aliphatic carbocycles. The molecule has 11 nitrogen and oxygen atoms in total. The highest BCUT2D eigenvalue weighted by Gasteiger charge is 2.40. The molecule has 2 amide bonds. The number of hydrogen-bond donors (Lipinski definition) is 6. The van der Waals surface area contributed by atoms with Gasteiger partial charge in [0.15, 0.2) is 0 Å². The van der Waals surface area contributed by atoms with Crippen LogP contribution in [0.1, 0.15) is 20.8 Å². The second-order valence-corrected chi connectivity index (χ2v) is 7.19. The van der Waals surface area contributed by atoms with Gasteiger partial charge in [0, 0.05) is 23.5 Å². The van der Waals surface area contributed by atoms with Crippen LogP contribution >= 0.6 is 11.9 Å². The number of aldehydes is 1. The molecule has 0 heterocycles. The van der Waals surface area contributed by atoms with Crippen molar-refractivity contribution < 1.29 is 34.8 Å². The lowest BCUT2D eigenvalue weighted by atomic mass is 9.99. The van der Waals surface area contributed by atoms with E-state index in [0.717, 1.165) is 6.92 Å². The summed E-state index contributed by atoms with van der Waals surface area (Å²) in [6, 6.07) is -2.92. The van der Waals surface area contributed by atoms with Crippen molar-refractivity contribution in [3.05, 3.63) is 4.91 Å². The van der Waals surface area contributed by atoms with Gasteiger partial charge in [0.05, 0.1) is 11.4 Å². The third-order valence-electron chi connectivity index (χ3n) is 3.33. The number of aliphatic hydroxyl groups is 4. The molecule has 0 bridgehead atoms. The van der Waals surface area contributed by atoms with Gasteiger partial charge in [-0.05, 0) is 13.8 Å². The minimum Gasteiger partial charge on any atom is -0.394 e. The maximum atomic E-state index is 12.4. The fourth-order valence-electron chi connectivity index (χ4n) is 1.90. The Morgan fingerprint density at radius 3 is 2.16 bits per heavy atom. The summed E-state index contributed by atoms with van der Waals surface area (Å²) in [6.07, 6.45) is -5.43. The van der Waals surface area contributed by atoms with Crippen molar-refractivity contribution in [1.29, 1.82) is 0 Å². The van der Waals surface area contributed by atoms with Crippen molar-refractivity contribution in [2.45, 2.75) is 55.9 Å². The fourth-order valence-corrected chi connectivity index (χ4v) is 2.37. The second kappa shape index (κ2) is 10.4. The van der Waals surface area contributed by atoms with Gasteiger partial charge in [-0.1, -0.05) is 0 Å². The zero-order chi connectivity index (χ0) is 19.8. The molecule has 0 radical (unpaired) electrons. The number of carbonyl (C=O) groups is 3. The van der Waals surface area contributed by atoms with Crippen molar-refractivity contribution >= 4 is 30.0 Å². The molecule has 0 aliphatic heterocycles. The lowest BCUT2D eigenvalue weighted by Crippen LogP contribution is -2.61. The third-order valence-corrected chi connectivity index (χ3v) is 4.11. The van der Waals surface area contributed by atoms with Gasteiger partial charge in [0.1, 0.15) is 36.7 Å². The summed E-state index contributed by atoms with van der Waals surface area (Å²) in [5.74, 6) is -1.50. The number of hydrogen-bond acceptors (Lipinski definition) is 10. The second-order valence-electron chi connectivity index (χ2n) is 5.80. The Morgan fingerprint density at radius 1 is 1.20 bits per heavy atom. The fraction of sp³-hybridized carbons (Fsp3) is 0.769. The molecule has 0 rings (SSSR count). The molecule has 6 N–H and O–H groups in total. The van der Waals surface area contributed by atoms with Gasteiger partial charge in [0.25, 0.3) is 0 Å². The zero-order valence-corrected chi connectivity index (χ0v) is 14.8. The molecule has 0 aromatic heterocycles. The van der Waals surface area contributed by atoms with E-state index >= 15 is 0 Å². The summed E-state index contributed by atoms with van der Waals surface area (Å²) < 4.78 is 1.45. The number of aliphatic hydroxyl groups excluding tert-OH is 4. The summed E-state index contributed by atoms with van der Waals surface area (Å²) in [4.78, 5) is 45.3. The number of amides is 2. The molecular formula is C13H23N3O8S. The standard InChI is InChI=1S/C13H23N3O8S/c1-6(19)14-11(13(2,3)25-16-24)12(23)15-7(4-17)9(21)10(22)8(20)5-18/h4,7-11,18,20-22H,5H2,1-3H3,(H,14,19)(H,15,23)/t7-,8+,9+,10+,11-/m0/s1. The van der Waals surface area contributed by atoms with Crippen LogP contribution in [0.15, 0.2) is 4.58 Å². The maximum Gasteiger partial charge on any atom is 0.244 e. The lowest BCUT2D eigenvalue weighted by molar-refractivity contribution is -0.134. The Labute approximate surface area is 148 Å². The Bertz CT molecular complexity index is 490. The summed E-state index contributed by atoms with van der Waals surface area (Å²) in [5.41, 5.74) is 0. The van der Waals surface area contributed by atoms with E-state index in [0.29, 0.717) is 11.9 Å². The van der Waals surface area contributed by atoms with Crippen LogP contribution in [-0.2, 0) is 14.4 Å². The lowest BCUT2D eigenvalue weighted by Gasteiger charge is -2.32. The van der Waals surface area contributed by atoms with E-state index in [1.54, 1.807) is 0 Å². The topological polar surface area (TPSA) is 186 Å².